The molecule has 1 heterocycles. The number of rotatable bonds is 5. The molecule has 0 radical (unpaired) electrons. The first-order valence-electron chi connectivity index (χ1n) is 8.34. The third-order valence-corrected chi connectivity index (χ3v) is 4.00. The maximum atomic E-state index is 12.4. The molecule has 0 spiro atoms. The van der Waals surface area contributed by atoms with E-state index in [1.807, 2.05) is 31.2 Å². The zero-order valence-electron chi connectivity index (χ0n) is 14.6. The molecule has 1 atom stereocenters. The number of hydrogen-bond donors (Lipinski definition) is 2. The van der Waals surface area contributed by atoms with Crippen LogP contribution in [0.25, 0.3) is 11.0 Å². The highest BCUT2D eigenvalue weighted by atomic mass is 16.5. The normalized spacial score (nSPS) is 11.8. The molecule has 0 bridgehead atoms. The Bertz CT molecular complexity index is 918. The first kappa shape index (κ1) is 17.5. The number of ether oxygens (including phenoxy) is 1. The summed E-state index contributed by atoms with van der Waals surface area (Å²) in [5.74, 6) is -0.0507. The van der Waals surface area contributed by atoms with Crippen LogP contribution in [0.4, 0.5) is 0 Å². The van der Waals surface area contributed by atoms with Crippen molar-refractivity contribution in [3.8, 4) is 5.75 Å². The molecule has 3 rings (SSSR count). The average Bonchev–Trinajstić information content (AvgIpc) is 3.10. The second kappa shape index (κ2) is 7.69. The Morgan fingerprint density at radius 3 is 2.58 bits per heavy atom. The molecule has 0 aliphatic rings. The van der Waals surface area contributed by atoms with Gasteiger partial charge >= 0.3 is 0 Å². The topological polar surface area (TPSA) is 85.3 Å². The fraction of sp³-hybridized carbons (Fsp3) is 0.211. The van der Waals surface area contributed by atoms with E-state index in [4.69, 9.17) is 4.74 Å². The minimum absolute atomic E-state index is 0.340. The van der Waals surface area contributed by atoms with E-state index in [2.05, 4.69) is 15.8 Å². The number of carbonyl (C=O) groups excluding carboxylic acids is 2. The summed E-state index contributed by atoms with van der Waals surface area (Å²) in [6.07, 6.45) is 1.61. The molecule has 2 aromatic carbocycles. The van der Waals surface area contributed by atoms with Crippen molar-refractivity contribution in [1.29, 1.82) is 0 Å². The summed E-state index contributed by atoms with van der Waals surface area (Å²) in [5.41, 5.74) is 6.97. The number of carbonyl (C=O) groups is 2. The molecular formula is C19H20N4O3. The average molecular weight is 352 g/mol. The third-order valence-electron chi connectivity index (χ3n) is 4.00. The van der Waals surface area contributed by atoms with Gasteiger partial charge in [0.2, 0.25) is 0 Å². The van der Waals surface area contributed by atoms with E-state index in [9.17, 15) is 9.59 Å². The van der Waals surface area contributed by atoms with Crippen molar-refractivity contribution in [3.05, 3.63) is 60.4 Å². The lowest BCUT2D eigenvalue weighted by molar-refractivity contribution is -0.124. The van der Waals surface area contributed by atoms with Crippen LogP contribution in [0.15, 0.2) is 54.9 Å². The summed E-state index contributed by atoms with van der Waals surface area (Å²) >= 11 is 0. The maximum Gasteiger partial charge on any atom is 0.269 e. The van der Waals surface area contributed by atoms with E-state index in [1.165, 1.54) is 0 Å². The number of aromatic nitrogens is 2. The van der Waals surface area contributed by atoms with Gasteiger partial charge in [-0.05, 0) is 50.2 Å². The van der Waals surface area contributed by atoms with Gasteiger partial charge in [-0.25, -0.2) is 4.98 Å². The molecule has 2 N–H and O–H groups in total. The second-order valence-corrected chi connectivity index (χ2v) is 5.72. The molecule has 0 aliphatic carbocycles. The summed E-state index contributed by atoms with van der Waals surface area (Å²) in [4.78, 5) is 28.8. The molecule has 1 unspecified atom stereocenters. The SMILES string of the molecule is CCOc1ccc(C(=O)NNC(=O)C(C)n2cnc3ccccc32)cc1. The van der Waals surface area contributed by atoms with Crippen molar-refractivity contribution < 1.29 is 14.3 Å². The van der Waals surface area contributed by atoms with Crippen LogP contribution in [0.5, 0.6) is 5.75 Å². The zero-order chi connectivity index (χ0) is 18.5. The number of hydrazine groups is 1. The van der Waals surface area contributed by atoms with Gasteiger partial charge in [0, 0.05) is 5.56 Å². The summed E-state index contributed by atoms with van der Waals surface area (Å²) in [6.45, 7) is 4.19. The van der Waals surface area contributed by atoms with Crippen LogP contribution in [0.3, 0.4) is 0 Å². The van der Waals surface area contributed by atoms with E-state index < -0.39 is 11.9 Å². The Labute approximate surface area is 151 Å². The van der Waals surface area contributed by atoms with Gasteiger partial charge in [-0.1, -0.05) is 12.1 Å². The molecule has 26 heavy (non-hydrogen) atoms. The monoisotopic (exact) mass is 352 g/mol. The van der Waals surface area contributed by atoms with Crippen LogP contribution in [0.2, 0.25) is 0 Å². The lowest BCUT2D eigenvalue weighted by atomic mass is 10.2. The number of fused-ring (bicyclic) bond motifs is 1. The van der Waals surface area contributed by atoms with Crippen LogP contribution in [0, 0.1) is 0 Å². The standard InChI is InChI=1S/C19H20N4O3/c1-3-26-15-10-8-14(9-11-15)19(25)22-21-18(24)13(2)23-12-20-16-6-4-5-7-17(16)23/h4-13H,3H2,1-2H3,(H,21,24)(H,22,25). The first-order chi connectivity index (χ1) is 12.6. The molecule has 1 aromatic heterocycles. The summed E-state index contributed by atoms with van der Waals surface area (Å²) in [5, 5.41) is 0. The van der Waals surface area contributed by atoms with Crippen molar-refractivity contribution in [2.75, 3.05) is 6.61 Å². The Morgan fingerprint density at radius 2 is 1.85 bits per heavy atom. The van der Waals surface area contributed by atoms with Gasteiger partial charge < -0.3 is 9.30 Å². The lowest BCUT2D eigenvalue weighted by Gasteiger charge is -2.15. The first-order valence-corrected chi connectivity index (χ1v) is 8.34. The van der Waals surface area contributed by atoms with E-state index in [0.29, 0.717) is 17.9 Å². The fourth-order valence-electron chi connectivity index (χ4n) is 2.58. The van der Waals surface area contributed by atoms with E-state index in [0.717, 1.165) is 11.0 Å². The molecule has 7 heteroatoms. The number of nitrogens with zero attached hydrogens (tertiary/aromatic N) is 2. The minimum Gasteiger partial charge on any atom is -0.494 e. The molecule has 0 saturated heterocycles. The molecule has 7 nitrogen and oxygen atoms in total. The molecule has 3 aromatic rings. The molecular weight excluding hydrogens is 332 g/mol. The third kappa shape index (κ3) is 3.66. The van der Waals surface area contributed by atoms with Crippen LogP contribution in [0.1, 0.15) is 30.2 Å². The molecule has 0 aliphatic heterocycles. The van der Waals surface area contributed by atoms with Gasteiger partial charge in [0.15, 0.2) is 0 Å². The minimum atomic E-state index is -0.525. The number of hydrogen-bond acceptors (Lipinski definition) is 4. The van der Waals surface area contributed by atoms with Gasteiger partial charge in [-0.2, -0.15) is 0 Å². The van der Waals surface area contributed by atoms with Gasteiger partial charge in [0.25, 0.3) is 11.8 Å². The van der Waals surface area contributed by atoms with Crippen LogP contribution in [-0.2, 0) is 4.79 Å². The quantitative estimate of drug-likeness (QED) is 0.691. The Kier molecular flexibility index (Phi) is 5.17. The second-order valence-electron chi connectivity index (χ2n) is 5.72. The largest absolute Gasteiger partial charge is 0.494 e. The summed E-state index contributed by atoms with van der Waals surface area (Å²) in [6, 6.07) is 13.7. The van der Waals surface area contributed by atoms with Crippen molar-refractivity contribution in [2.45, 2.75) is 19.9 Å². The maximum absolute atomic E-state index is 12.4. The fourth-order valence-corrected chi connectivity index (χ4v) is 2.58. The van der Waals surface area contributed by atoms with Crippen LogP contribution in [-0.4, -0.2) is 28.0 Å². The summed E-state index contributed by atoms with van der Waals surface area (Å²) < 4.78 is 7.09. The van der Waals surface area contributed by atoms with Gasteiger partial charge in [0.05, 0.1) is 24.0 Å². The zero-order valence-corrected chi connectivity index (χ0v) is 14.6. The predicted octanol–water partition coefficient (Wildman–Crippen LogP) is 2.46. The highest BCUT2D eigenvalue weighted by molar-refractivity contribution is 5.96. The highest BCUT2D eigenvalue weighted by Gasteiger charge is 2.18. The smallest absolute Gasteiger partial charge is 0.269 e. The van der Waals surface area contributed by atoms with Crippen molar-refractivity contribution >= 4 is 22.8 Å². The number of amides is 2. The Morgan fingerprint density at radius 1 is 1.12 bits per heavy atom. The Hall–Kier alpha value is -3.35. The van der Waals surface area contributed by atoms with E-state index in [1.54, 1.807) is 42.1 Å². The van der Waals surface area contributed by atoms with Gasteiger partial charge in [-0.3, -0.25) is 20.4 Å². The van der Waals surface area contributed by atoms with Crippen molar-refractivity contribution in [1.82, 2.24) is 20.4 Å². The van der Waals surface area contributed by atoms with Gasteiger partial charge in [-0.15, -0.1) is 0 Å². The number of benzene rings is 2. The van der Waals surface area contributed by atoms with Crippen LogP contribution < -0.4 is 15.6 Å². The molecule has 2 amide bonds. The number of para-hydroxylation sites is 2. The highest BCUT2D eigenvalue weighted by Crippen LogP contribution is 2.17. The molecule has 134 valence electrons. The van der Waals surface area contributed by atoms with E-state index in [-0.39, 0.29) is 5.91 Å². The molecule has 0 fully saturated rings. The van der Waals surface area contributed by atoms with Crippen molar-refractivity contribution in [2.24, 2.45) is 0 Å². The van der Waals surface area contributed by atoms with E-state index >= 15 is 0 Å². The number of imidazole rings is 1. The predicted molar refractivity (Wildman–Crippen MR) is 97.7 cm³/mol. The lowest BCUT2D eigenvalue weighted by Crippen LogP contribution is -2.44. The molecule has 0 saturated carbocycles. The number of nitrogens with one attached hydrogen (secondary N) is 2. The summed E-state index contributed by atoms with van der Waals surface area (Å²) in [7, 11) is 0. The van der Waals surface area contributed by atoms with Crippen molar-refractivity contribution in [3.63, 3.8) is 0 Å². The van der Waals surface area contributed by atoms with Crippen LogP contribution >= 0.6 is 0 Å². The van der Waals surface area contributed by atoms with Gasteiger partial charge in [0.1, 0.15) is 11.8 Å². The Balaban J connectivity index is 1.61.